The van der Waals surface area contributed by atoms with Gasteiger partial charge in [-0.25, -0.2) is 23.1 Å². The number of hydrogen-bond acceptors (Lipinski definition) is 7. The van der Waals surface area contributed by atoms with Gasteiger partial charge in [-0.3, -0.25) is 9.78 Å². The highest BCUT2D eigenvalue weighted by Crippen LogP contribution is 2.35. The fraction of sp³-hybridized carbons (Fsp3) is 0.300. The van der Waals surface area contributed by atoms with Gasteiger partial charge >= 0.3 is 5.69 Å². The predicted octanol–water partition coefficient (Wildman–Crippen LogP) is 5.06. The molecule has 0 aliphatic carbocycles. The number of hydrogen-bond donors (Lipinski definition) is 1. The van der Waals surface area contributed by atoms with Crippen molar-refractivity contribution in [2.75, 3.05) is 24.5 Å². The number of halogens is 2. The van der Waals surface area contributed by atoms with Crippen molar-refractivity contribution >= 4 is 35.4 Å². The largest absolute Gasteiger partial charge is 0.355 e. The van der Waals surface area contributed by atoms with E-state index in [9.17, 15) is 9.59 Å². The Labute approximate surface area is 241 Å². The molecule has 0 spiro atoms. The number of piperazine rings is 1. The molecule has 1 aliphatic heterocycles. The van der Waals surface area contributed by atoms with E-state index in [1.54, 1.807) is 23.2 Å². The van der Waals surface area contributed by atoms with Crippen LogP contribution in [0.2, 0.25) is 0 Å². The van der Waals surface area contributed by atoms with E-state index in [2.05, 4.69) is 34.2 Å². The summed E-state index contributed by atoms with van der Waals surface area (Å²) in [5.74, 6) is -1.49. The Balaban J connectivity index is 1.83. The van der Waals surface area contributed by atoms with Gasteiger partial charge in [-0.15, -0.1) is 12.6 Å². The number of carbonyl (C=O) groups is 1. The van der Waals surface area contributed by atoms with Crippen molar-refractivity contribution in [1.29, 1.82) is 0 Å². The first-order valence-corrected chi connectivity index (χ1v) is 13.7. The fourth-order valence-corrected chi connectivity index (χ4v) is 5.63. The summed E-state index contributed by atoms with van der Waals surface area (Å²) < 4.78 is 32.2. The first-order chi connectivity index (χ1) is 19.5. The topological polar surface area (TPSA) is 84.2 Å². The van der Waals surface area contributed by atoms with Gasteiger partial charge in [0.2, 0.25) is 5.91 Å². The van der Waals surface area contributed by atoms with Crippen molar-refractivity contribution in [3.05, 3.63) is 82.6 Å². The molecular formula is C30H30F2N6O2S. The molecule has 5 rings (SSSR count). The third-order valence-corrected chi connectivity index (χ3v) is 7.71. The summed E-state index contributed by atoms with van der Waals surface area (Å²) in [7, 11) is 0. The molecule has 1 aromatic carbocycles. The maximum absolute atomic E-state index is 15.9. The Bertz CT molecular complexity index is 1740. The van der Waals surface area contributed by atoms with Gasteiger partial charge in [0.15, 0.2) is 11.5 Å². The number of anilines is 1. The first kappa shape index (κ1) is 28.4. The summed E-state index contributed by atoms with van der Waals surface area (Å²) >= 11 is 4.36. The van der Waals surface area contributed by atoms with Crippen LogP contribution in [-0.2, 0) is 4.79 Å². The van der Waals surface area contributed by atoms with E-state index in [0.29, 0.717) is 31.0 Å². The third kappa shape index (κ3) is 4.99. The molecule has 0 N–H and O–H groups in total. The van der Waals surface area contributed by atoms with Crippen LogP contribution < -0.4 is 10.6 Å². The van der Waals surface area contributed by atoms with Crippen LogP contribution in [0.1, 0.15) is 37.9 Å². The van der Waals surface area contributed by atoms with Crippen LogP contribution in [0.4, 0.5) is 14.6 Å². The molecule has 4 heterocycles. The van der Waals surface area contributed by atoms with Crippen LogP contribution in [0.5, 0.6) is 0 Å². The number of fused-ring (bicyclic) bond motifs is 1. The van der Waals surface area contributed by atoms with E-state index in [-0.39, 0.29) is 50.9 Å². The zero-order valence-electron chi connectivity index (χ0n) is 23.2. The zero-order chi connectivity index (χ0) is 29.6. The van der Waals surface area contributed by atoms with Gasteiger partial charge in [-0.05, 0) is 55.7 Å². The monoisotopic (exact) mass is 576 g/mol. The molecule has 1 atom stereocenters. The van der Waals surface area contributed by atoms with Crippen LogP contribution in [0.15, 0.2) is 58.9 Å². The lowest BCUT2D eigenvalue weighted by atomic mass is 10.0. The van der Waals surface area contributed by atoms with Gasteiger partial charge in [0.25, 0.3) is 0 Å². The molecule has 0 saturated carbocycles. The summed E-state index contributed by atoms with van der Waals surface area (Å²) in [6.45, 7) is 12.3. The van der Waals surface area contributed by atoms with Crippen LogP contribution >= 0.6 is 12.6 Å². The van der Waals surface area contributed by atoms with Crippen molar-refractivity contribution in [2.24, 2.45) is 0 Å². The summed E-state index contributed by atoms with van der Waals surface area (Å²) in [4.78, 5) is 43.5. The molecule has 0 bridgehead atoms. The number of thiol groups is 1. The molecule has 3 aromatic heterocycles. The molecule has 1 amide bonds. The van der Waals surface area contributed by atoms with Crippen molar-refractivity contribution in [1.82, 2.24) is 24.4 Å². The summed E-state index contributed by atoms with van der Waals surface area (Å²) in [5, 5.41) is 0.274. The van der Waals surface area contributed by atoms with Crippen molar-refractivity contribution in [3.8, 4) is 16.9 Å². The molecule has 0 radical (unpaired) electrons. The van der Waals surface area contributed by atoms with E-state index in [1.807, 2.05) is 32.6 Å². The molecule has 1 unspecified atom stereocenters. The molecule has 1 saturated heterocycles. The Kier molecular flexibility index (Phi) is 7.65. The summed E-state index contributed by atoms with van der Waals surface area (Å²) in [6, 6.07) is 7.00. The van der Waals surface area contributed by atoms with Crippen molar-refractivity contribution in [3.63, 3.8) is 0 Å². The highest BCUT2D eigenvalue weighted by Gasteiger charge is 2.31. The Morgan fingerprint density at radius 1 is 1.17 bits per heavy atom. The lowest BCUT2D eigenvalue weighted by Gasteiger charge is -2.40. The number of carbonyl (C=O) groups excluding carboxylic acids is 1. The predicted molar refractivity (Wildman–Crippen MR) is 158 cm³/mol. The Morgan fingerprint density at radius 2 is 1.93 bits per heavy atom. The van der Waals surface area contributed by atoms with Crippen LogP contribution in [0, 0.1) is 18.6 Å². The zero-order valence-corrected chi connectivity index (χ0v) is 24.1. The minimum atomic E-state index is -0.786. The maximum Gasteiger partial charge on any atom is 0.355 e. The molecule has 4 aromatic rings. The summed E-state index contributed by atoms with van der Waals surface area (Å²) in [6.07, 6.45) is 2.93. The van der Waals surface area contributed by atoms with Crippen LogP contribution in [0.3, 0.4) is 0 Å². The fourth-order valence-electron chi connectivity index (χ4n) is 5.33. The van der Waals surface area contributed by atoms with Crippen molar-refractivity contribution < 1.29 is 13.6 Å². The first-order valence-electron chi connectivity index (χ1n) is 13.3. The lowest BCUT2D eigenvalue weighted by Crippen LogP contribution is -2.54. The molecular weight excluding hydrogens is 546 g/mol. The van der Waals surface area contributed by atoms with Gasteiger partial charge in [0.1, 0.15) is 17.3 Å². The molecule has 1 fully saturated rings. The SMILES string of the molecule is C=CC(=O)N1CCN(c2nc(=O)n(-c3c(C)ccnc3C(C)C)c3nc(-c4c(F)cccc4S)c(F)cc23)C(C)C1. The number of benzene rings is 1. The molecule has 11 heteroatoms. The van der Waals surface area contributed by atoms with Crippen molar-refractivity contribution in [2.45, 2.75) is 44.6 Å². The number of pyridine rings is 2. The second-order valence-electron chi connectivity index (χ2n) is 10.4. The Morgan fingerprint density at radius 3 is 2.59 bits per heavy atom. The number of aromatic nitrogens is 4. The molecule has 212 valence electrons. The van der Waals surface area contributed by atoms with Gasteiger partial charge in [-0.1, -0.05) is 26.5 Å². The normalized spacial score (nSPS) is 15.6. The van der Waals surface area contributed by atoms with Gasteiger partial charge in [0.05, 0.1) is 22.3 Å². The van der Waals surface area contributed by atoms with E-state index >= 15 is 8.78 Å². The summed E-state index contributed by atoms with van der Waals surface area (Å²) in [5.41, 5.74) is 0.990. The maximum atomic E-state index is 15.9. The number of rotatable bonds is 5. The van der Waals surface area contributed by atoms with E-state index in [0.717, 1.165) is 5.56 Å². The average Bonchev–Trinajstić information content (AvgIpc) is 2.93. The Hall–Kier alpha value is -4.12. The minimum Gasteiger partial charge on any atom is -0.350 e. The lowest BCUT2D eigenvalue weighted by molar-refractivity contribution is -0.126. The standard InChI is InChI=1S/C30H30F2N6O2S/c1-6-23(39)36-12-13-37(18(5)15-36)28-19-14-21(32)26(24-20(31)8-7-9-22(24)41)34-29(19)38(30(40)35-28)27-17(4)10-11-33-25(27)16(2)3/h6-11,14,16,18,41H,1,12-13,15H2,2-5H3. The third-order valence-electron chi connectivity index (χ3n) is 7.34. The highest BCUT2D eigenvalue weighted by molar-refractivity contribution is 7.80. The van der Waals surface area contributed by atoms with E-state index in [1.165, 1.54) is 28.8 Å². The van der Waals surface area contributed by atoms with Gasteiger partial charge in [0, 0.05) is 36.8 Å². The quantitative estimate of drug-likeness (QED) is 0.264. The second kappa shape index (κ2) is 11.0. The van der Waals surface area contributed by atoms with Gasteiger partial charge < -0.3 is 9.80 Å². The van der Waals surface area contributed by atoms with Crippen LogP contribution in [0.25, 0.3) is 28.0 Å². The van der Waals surface area contributed by atoms with Gasteiger partial charge in [-0.2, -0.15) is 4.98 Å². The number of nitrogens with zero attached hydrogens (tertiary/aromatic N) is 6. The molecule has 41 heavy (non-hydrogen) atoms. The highest BCUT2D eigenvalue weighted by atomic mass is 32.1. The number of amides is 1. The van der Waals surface area contributed by atoms with E-state index in [4.69, 9.17) is 0 Å². The number of aryl methyl sites for hydroxylation is 1. The van der Waals surface area contributed by atoms with E-state index < -0.39 is 17.3 Å². The van der Waals surface area contributed by atoms with Crippen LogP contribution in [-0.4, -0.2) is 56.0 Å². The second-order valence-corrected chi connectivity index (χ2v) is 10.9. The average molecular weight is 577 g/mol. The molecule has 1 aliphatic rings. The minimum absolute atomic E-state index is 0.0578. The molecule has 8 nitrogen and oxygen atoms in total. The smallest absolute Gasteiger partial charge is 0.350 e.